The number of nitrogens with one attached hydrogen (secondary N) is 1. The van der Waals surface area contributed by atoms with E-state index in [-0.39, 0.29) is 5.91 Å². The fourth-order valence-corrected chi connectivity index (χ4v) is 3.40. The van der Waals surface area contributed by atoms with Crippen molar-refractivity contribution in [2.24, 2.45) is 0 Å². The van der Waals surface area contributed by atoms with Crippen LogP contribution in [0.5, 0.6) is 0 Å². The summed E-state index contributed by atoms with van der Waals surface area (Å²) in [4.78, 5) is 15.9. The second-order valence-corrected chi connectivity index (χ2v) is 7.13. The van der Waals surface area contributed by atoms with E-state index in [9.17, 15) is 4.79 Å². The maximum absolute atomic E-state index is 11.7. The maximum Gasteiger partial charge on any atom is 0.230 e. The second-order valence-electron chi connectivity index (χ2n) is 3.85. The van der Waals surface area contributed by atoms with Crippen LogP contribution in [0.25, 0.3) is 0 Å². The summed E-state index contributed by atoms with van der Waals surface area (Å²) in [7, 11) is 0. The highest BCUT2D eigenvalue weighted by atomic mass is 79.9. The van der Waals surface area contributed by atoms with Gasteiger partial charge in [-0.15, -0.1) is 23.1 Å². The Kier molecular flexibility index (Phi) is 5.88. The van der Waals surface area contributed by atoms with Crippen LogP contribution in [0.1, 0.15) is 11.3 Å². The zero-order chi connectivity index (χ0) is 13.5. The highest BCUT2D eigenvalue weighted by Gasteiger charge is 2.03. The molecule has 0 aliphatic rings. The Morgan fingerprint density at radius 1 is 1.47 bits per heavy atom. The first-order chi connectivity index (χ1) is 9.24. The Labute approximate surface area is 129 Å². The van der Waals surface area contributed by atoms with Crippen molar-refractivity contribution in [1.82, 2.24) is 10.3 Å². The molecule has 2 aromatic rings. The molecule has 2 heterocycles. The van der Waals surface area contributed by atoms with Crippen LogP contribution in [0, 0.1) is 0 Å². The van der Waals surface area contributed by atoms with Gasteiger partial charge in [0.05, 0.1) is 15.2 Å². The predicted molar refractivity (Wildman–Crippen MR) is 84.3 cm³/mol. The molecule has 3 nitrogen and oxygen atoms in total. The van der Waals surface area contributed by atoms with E-state index in [1.807, 2.05) is 29.6 Å². The summed E-state index contributed by atoms with van der Waals surface area (Å²) in [5.74, 6) is 1.28. The summed E-state index contributed by atoms with van der Waals surface area (Å²) in [6, 6.07) is 7.83. The minimum absolute atomic E-state index is 0.0586. The molecule has 0 aromatic carbocycles. The Morgan fingerprint density at radius 3 is 3.05 bits per heavy atom. The van der Waals surface area contributed by atoms with Crippen molar-refractivity contribution in [1.29, 1.82) is 0 Å². The third-order valence-corrected chi connectivity index (χ3v) is 4.84. The lowest BCUT2D eigenvalue weighted by Gasteiger charge is -2.03. The Balaban J connectivity index is 1.65. The van der Waals surface area contributed by atoms with Gasteiger partial charge >= 0.3 is 0 Å². The highest BCUT2D eigenvalue weighted by Crippen LogP contribution is 2.20. The Bertz CT molecular complexity index is 530. The molecule has 1 amide bonds. The fourth-order valence-electron chi connectivity index (χ4n) is 1.42. The van der Waals surface area contributed by atoms with Gasteiger partial charge in [-0.3, -0.25) is 9.78 Å². The quantitative estimate of drug-likeness (QED) is 0.861. The first-order valence-corrected chi connectivity index (χ1v) is 8.54. The van der Waals surface area contributed by atoms with E-state index < -0.39 is 0 Å². The van der Waals surface area contributed by atoms with Crippen molar-refractivity contribution in [2.45, 2.75) is 12.3 Å². The average molecular weight is 357 g/mol. The van der Waals surface area contributed by atoms with E-state index in [4.69, 9.17) is 0 Å². The van der Waals surface area contributed by atoms with Gasteiger partial charge in [-0.25, -0.2) is 0 Å². The number of hydrogen-bond donors (Lipinski definition) is 1. The summed E-state index contributed by atoms with van der Waals surface area (Å²) < 4.78 is 1.08. The van der Waals surface area contributed by atoms with Gasteiger partial charge in [0.2, 0.25) is 5.91 Å². The molecule has 2 rings (SSSR count). The van der Waals surface area contributed by atoms with E-state index in [2.05, 4.69) is 26.2 Å². The lowest BCUT2D eigenvalue weighted by molar-refractivity contribution is -0.118. The van der Waals surface area contributed by atoms with Gasteiger partial charge in [0, 0.05) is 18.5 Å². The minimum atomic E-state index is 0.0586. The highest BCUT2D eigenvalue weighted by molar-refractivity contribution is 9.11. The molecular weight excluding hydrogens is 344 g/mol. The monoisotopic (exact) mass is 356 g/mol. The molecule has 0 bridgehead atoms. The van der Waals surface area contributed by atoms with Crippen molar-refractivity contribution < 1.29 is 4.79 Å². The summed E-state index contributed by atoms with van der Waals surface area (Å²) in [5.41, 5.74) is 2.13. The number of aromatic nitrogens is 1. The molecule has 100 valence electrons. The summed E-state index contributed by atoms with van der Waals surface area (Å²) in [6.45, 7) is 0.588. The number of halogens is 1. The normalized spacial score (nSPS) is 10.4. The van der Waals surface area contributed by atoms with E-state index >= 15 is 0 Å². The first-order valence-electron chi connectivity index (χ1n) is 5.71. The van der Waals surface area contributed by atoms with Gasteiger partial charge < -0.3 is 5.32 Å². The lowest BCUT2D eigenvalue weighted by Crippen LogP contribution is -2.24. The number of nitrogens with zero attached hydrogens (tertiary/aromatic N) is 1. The predicted octanol–water partition coefficient (Wildman–Crippen LogP) is 3.46. The van der Waals surface area contributed by atoms with E-state index in [0.717, 1.165) is 20.8 Å². The van der Waals surface area contributed by atoms with Gasteiger partial charge in [-0.1, -0.05) is 6.07 Å². The minimum Gasteiger partial charge on any atom is -0.351 e. The fraction of sp³-hybridized carbons (Fsp3) is 0.231. The molecule has 0 aliphatic heterocycles. The number of thiophene rings is 1. The van der Waals surface area contributed by atoms with E-state index in [1.165, 1.54) is 0 Å². The molecule has 1 N–H and O–H groups in total. The molecule has 0 atom stereocenters. The maximum atomic E-state index is 11.7. The van der Waals surface area contributed by atoms with E-state index in [0.29, 0.717) is 12.3 Å². The summed E-state index contributed by atoms with van der Waals surface area (Å²) in [6.07, 6.45) is 1.77. The lowest BCUT2D eigenvalue weighted by atomic mass is 10.3. The summed E-state index contributed by atoms with van der Waals surface area (Å²) in [5, 5.41) is 4.94. The Hall–Kier alpha value is -0.850. The van der Waals surface area contributed by atoms with Gasteiger partial charge in [0.1, 0.15) is 0 Å². The van der Waals surface area contributed by atoms with Crippen LogP contribution in [0.4, 0.5) is 0 Å². The third-order valence-electron chi connectivity index (χ3n) is 2.32. The second kappa shape index (κ2) is 7.67. The van der Waals surface area contributed by atoms with Crippen molar-refractivity contribution >= 4 is 44.9 Å². The molecule has 0 saturated carbocycles. The smallest absolute Gasteiger partial charge is 0.230 e. The van der Waals surface area contributed by atoms with Crippen LogP contribution in [0.3, 0.4) is 0 Å². The zero-order valence-electron chi connectivity index (χ0n) is 10.1. The molecule has 19 heavy (non-hydrogen) atoms. The first kappa shape index (κ1) is 14.6. The van der Waals surface area contributed by atoms with Gasteiger partial charge in [-0.2, -0.15) is 0 Å². The molecule has 0 radical (unpaired) electrons. The number of carbonyl (C=O) groups is 1. The van der Waals surface area contributed by atoms with Crippen LogP contribution in [0.2, 0.25) is 0 Å². The van der Waals surface area contributed by atoms with Crippen LogP contribution >= 0.6 is 39.0 Å². The average Bonchev–Trinajstić information content (AvgIpc) is 2.83. The van der Waals surface area contributed by atoms with Crippen molar-refractivity contribution in [3.63, 3.8) is 0 Å². The molecular formula is C13H13BrN2OS2. The number of hydrogen-bond acceptors (Lipinski definition) is 4. The number of rotatable bonds is 6. The van der Waals surface area contributed by atoms with Crippen molar-refractivity contribution in [2.75, 3.05) is 5.75 Å². The Morgan fingerprint density at radius 2 is 2.37 bits per heavy atom. The van der Waals surface area contributed by atoms with Gasteiger partial charge in [-0.05, 0) is 45.1 Å². The number of carbonyl (C=O) groups excluding carboxylic acids is 1. The van der Waals surface area contributed by atoms with Gasteiger partial charge in [0.25, 0.3) is 0 Å². The van der Waals surface area contributed by atoms with Gasteiger partial charge in [0.15, 0.2) is 0 Å². The number of thioether (sulfide) groups is 1. The molecule has 0 spiro atoms. The van der Waals surface area contributed by atoms with Crippen molar-refractivity contribution in [3.05, 3.63) is 50.9 Å². The third kappa shape index (κ3) is 5.34. The summed E-state index contributed by atoms with van der Waals surface area (Å²) >= 11 is 6.60. The standard InChI is InChI=1S/C13H13BrN2OS2/c14-12-5-10(7-19-12)6-16-13(17)9-18-8-11-3-1-2-4-15-11/h1-5,7H,6,8-9H2,(H,16,17). The molecule has 6 heteroatoms. The van der Waals surface area contributed by atoms with Crippen LogP contribution in [-0.2, 0) is 17.1 Å². The molecule has 0 unspecified atom stereocenters. The molecule has 0 saturated heterocycles. The number of amides is 1. The van der Waals surface area contributed by atoms with Crippen LogP contribution in [-0.4, -0.2) is 16.6 Å². The molecule has 0 aliphatic carbocycles. The van der Waals surface area contributed by atoms with Crippen LogP contribution in [0.15, 0.2) is 39.6 Å². The van der Waals surface area contributed by atoms with E-state index in [1.54, 1.807) is 29.3 Å². The largest absolute Gasteiger partial charge is 0.351 e. The molecule has 2 aromatic heterocycles. The SMILES string of the molecule is O=C(CSCc1ccccn1)NCc1csc(Br)c1. The number of pyridine rings is 1. The zero-order valence-corrected chi connectivity index (χ0v) is 13.4. The van der Waals surface area contributed by atoms with Crippen molar-refractivity contribution in [3.8, 4) is 0 Å². The van der Waals surface area contributed by atoms with Crippen LogP contribution < -0.4 is 5.32 Å². The molecule has 0 fully saturated rings. The topological polar surface area (TPSA) is 42.0 Å².